The third kappa shape index (κ3) is 2.44. The first-order valence-corrected chi connectivity index (χ1v) is 9.56. The van der Waals surface area contributed by atoms with Crippen LogP contribution < -0.4 is 14.2 Å². The van der Waals surface area contributed by atoms with Gasteiger partial charge in [0.1, 0.15) is 17.2 Å². The average molecular weight is 364 g/mol. The van der Waals surface area contributed by atoms with Gasteiger partial charge in [-0.2, -0.15) is 0 Å². The minimum absolute atomic E-state index is 0.850. The zero-order valence-corrected chi connectivity index (χ0v) is 16.1. The summed E-state index contributed by atoms with van der Waals surface area (Å²) in [4.78, 5) is 1.20. The fourth-order valence-corrected chi connectivity index (χ4v) is 4.42. The van der Waals surface area contributed by atoms with Gasteiger partial charge in [-0.05, 0) is 58.1 Å². The second kappa shape index (κ2) is 6.61. The molecule has 132 valence electrons. The van der Waals surface area contributed by atoms with Crippen molar-refractivity contribution in [2.45, 2.75) is 4.90 Å². The predicted octanol–water partition coefficient (Wildman–Crippen LogP) is 5.89. The molecule has 0 saturated carbocycles. The van der Waals surface area contributed by atoms with E-state index in [1.54, 1.807) is 33.1 Å². The van der Waals surface area contributed by atoms with Gasteiger partial charge in [-0.25, -0.2) is 0 Å². The Morgan fingerprint density at radius 1 is 0.654 bits per heavy atom. The van der Waals surface area contributed by atoms with Crippen LogP contribution in [0.3, 0.4) is 0 Å². The topological polar surface area (TPSA) is 27.7 Å². The van der Waals surface area contributed by atoms with Crippen molar-refractivity contribution in [3.05, 3.63) is 48.5 Å². The average Bonchev–Trinajstić information content (AvgIpc) is 2.70. The normalized spacial score (nSPS) is 11.2. The number of thioether (sulfide) groups is 1. The highest BCUT2D eigenvalue weighted by Gasteiger charge is 2.16. The minimum Gasteiger partial charge on any atom is -0.497 e. The van der Waals surface area contributed by atoms with Crippen LogP contribution >= 0.6 is 11.8 Å². The molecule has 0 aliphatic carbocycles. The predicted molar refractivity (Wildman–Crippen MR) is 110 cm³/mol. The number of benzene rings is 4. The molecule has 4 heteroatoms. The van der Waals surface area contributed by atoms with Crippen molar-refractivity contribution in [3.8, 4) is 17.2 Å². The van der Waals surface area contributed by atoms with Crippen LogP contribution in [-0.2, 0) is 0 Å². The van der Waals surface area contributed by atoms with Gasteiger partial charge < -0.3 is 14.2 Å². The molecule has 26 heavy (non-hydrogen) atoms. The van der Waals surface area contributed by atoms with Gasteiger partial charge in [0.05, 0.1) is 21.3 Å². The summed E-state index contributed by atoms with van der Waals surface area (Å²) in [6.45, 7) is 0. The van der Waals surface area contributed by atoms with Crippen LogP contribution in [0.4, 0.5) is 0 Å². The van der Waals surface area contributed by atoms with E-state index in [0.717, 1.165) is 33.4 Å². The highest BCUT2D eigenvalue weighted by atomic mass is 32.2. The lowest BCUT2D eigenvalue weighted by atomic mass is 9.97. The van der Waals surface area contributed by atoms with Gasteiger partial charge in [0.25, 0.3) is 0 Å². The quantitative estimate of drug-likeness (QED) is 0.256. The Balaban J connectivity index is 2.22. The number of methoxy groups -OCH3 is 3. The number of rotatable bonds is 4. The lowest BCUT2D eigenvalue weighted by Gasteiger charge is -2.16. The monoisotopic (exact) mass is 364 g/mol. The molecular weight excluding hydrogens is 344 g/mol. The van der Waals surface area contributed by atoms with Crippen molar-refractivity contribution in [1.82, 2.24) is 0 Å². The van der Waals surface area contributed by atoms with Gasteiger partial charge in [-0.15, -0.1) is 11.8 Å². The molecule has 0 heterocycles. The Morgan fingerprint density at radius 2 is 1.38 bits per heavy atom. The Kier molecular flexibility index (Phi) is 4.29. The lowest BCUT2D eigenvalue weighted by Crippen LogP contribution is -1.93. The van der Waals surface area contributed by atoms with E-state index in [1.807, 2.05) is 18.2 Å². The molecule has 4 aromatic carbocycles. The zero-order chi connectivity index (χ0) is 18.3. The minimum atomic E-state index is 0.850. The molecule has 0 saturated heterocycles. The third-order valence-electron chi connectivity index (χ3n) is 4.84. The summed E-state index contributed by atoms with van der Waals surface area (Å²) in [5.74, 6) is 2.58. The number of ether oxygens (including phenoxy) is 3. The first-order chi connectivity index (χ1) is 12.7. The molecule has 0 bridgehead atoms. The highest BCUT2D eigenvalue weighted by Crippen LogP contribution is 2.44. The standard InChI is InChI=1S/C22H20O3S/c1-23-14-6-8-15-13(11-14)5-7-16-17(15)12-18-19(24-2)9-10-20(25-3)21(18)22(16)26-4/h5-12H,1-4H3. The van der Waals surface area contributed by atoms with Crippen LogP contribution in [0.1, 0.15) is 0 Å². The molecule has 0 aliphatic rings. The molecule has 0 aromatic heterocycles. The Bertz CT molecular complexity index is 1130. The van der Waals surface area contributed by atoms with Crippen molar-refractivity contribution < 1.29 is 14.2 Å². The van der Waals surface area contributed by atoms with Gasteiger partial charge in [-0.1, -0.05) is 18.2 Å². The fraction of sp³-hybridized carbons (Fsp3) is 0.182. The molecule has 0 radical (unpaired) electrons. The maximum atomic E-state index is 5.65. The second-order valence-electron chi connectivity index (χ2n) is 6.05. The largest absolute Gasteiger partial charge is 0.497 e. The third-order valence-corrected chi connectivity index (χ3v) is 5.67. The Morgan fingerprint density at radius 3 is 2.08 bits per heavy atom. The van der Waals surface area contributed by atoms with Crippen LogP contribution in [0.15, 0.2) is 53.4 Å². The van der Waals surface area contributed by atoms with Gasteiger partial charge in [0, 0.05) is 15.7 Å². The van der Waals surface area contributed by atoms with Gasteiger partial charge in [-0.3, -0.25) is 0 Å². The molecule has 4 aromatic rings. The Hall–Kier alpha value is -2.59. The first-order valence-electron chi connectivity index (χ1n) is 8.34. The van der Waals surface area contributed by atoms with Crippen molar-refractivity contribution in [2.24, 2.45) is 0 Å². The van der Waals surface area contributed by atoms with Crippen LogP contribution in [-0.4, -0.2) is 27.6 Å². The van der Waals surface area contributed by atoms with E-state index >= 15 is 0 Å². The van der Waals surface area contributed by atoms with Gasteiger partial charge >= 0.3 is 0 Å². The summed E-state index contributed by atoms with van der Waals surface area (Å²) in [5.41, 5.74) is 0. The molecule has 4 rings (SSSR count). The summed E-state index contributed by atoms with van der Waals surface area (Å²) < 4.78 is 16.7. The summed E-state index contributed by atoms with van der Waals surface area (Å²) >= 11 is 1.73. The number of fused-ring (bicyclic) bond motifs is 4. The van der Waals surface area contributed by atoms with Gasteiger partial charge in [0.15, 0.2) is 0 Å². The molecule has 3 nitrogen and oxygen atoms in total. The molecule has 0 N–H and O–H groups in total. The molecule has 0 unspecified atom stereocenters. The Labute approximate surface area is 156 Å². The van der Waals surface area contributed by atoms with E-state index in [4.69, 9.17) is 14.2 Å². The number of hydrogen-bond acceptors (Lipinski definition) is 4. The van der Waals surface area contributed by atoms with Crippen molar-refractivity contribution in [1.29, 1.82) is 0 Å². The van der Waals surface area contributed by atoms with Crippen LogP contribution in [0.2, 0.25) is 0 Å². The van der Waals surface area contributed by atoms with E-state index < -0.39 is 0 Å². The SMILES string of the molecule is COc1ccc2c(ccc3c(SC)c4c(OC)ccc(OC)c4cc32)c1. The molecule has 0 atom stereocenters. The molecule has 0 fully saturated rings. The van der Waals surface area contributed by atoms with Crippen LogP contribution in [0.5, 0.6) is 17.2 Å². The van der Waals surface area contributed by atoms with E-state index in [2.05, 4.69) is 36.6 Å². The van der Waals surface area contributed by atoms with E-state index in [0.29, 0.717) is 0 Å². The fourth-order valence-electron chi connectivity index (χ4n) is 3.61. The van der Waals surface area contributed by atoms with Crippen molar-refractivity contribution in [2.75, 3.05) is 27.6 Å². The zero-order valence-electron chi connectivity index (χ0n) is 15.3. The first kappa shape index (κ1) is 16.9. The molecule has 0 amide bonds. The molecular formula is C22H20O3S. The molecule has 0 aliphatic heterocycles. The van der Waals surface area contributed by atoms with Gasteiger partial charge in [0.2, 0.25) is 0 Å². The molecule has 0 spiro atoms. The second-order valence-corrected chi connectivity index (χ2v) is 6.87. The summed E-state index contributed by atoms with van der Waals surface area (Å²) in [6.07, 6.45) is 2.10. The maximum Gasteiger partial charge on any atom is 0.128 e. The summed E-state index contributed by atoms with van der Waals surface area (Å²) in [5, 5.41) is 6.94. The van der Waals surface area contributed by atoms with Crippen LogP contribution in [0.25, 0.3) is 32.3 Å². The lowest BCUT2D eigenvalue weighted by molar-refractivity contribution is 0.410. The highest BCUT2D eigenvalue weighted by molar-refractivity contribution is 7.99. The van der Waals surface area contributed by atoms with Crippen molar-refractivity contribution >= 4 is 44.1 Å². The summed E-state index contributed by atoms with van der Waals surface area (Å²) in [7, 11) is 5.11. The van der Waals surface area contributed by atoms with E-state index in [-0.39, 0.29) is 0 Å². The maximum absolute atomic E-state index is 5.65. The van der Waals surface area contributed by atoms with Crippen LogP contribution in [0, 0.1) is 0 Å². The number of hydrogen-bond donors (Lipinski definition) is 0. The van der Waals surface area contributed by atoms with E-state index in [1.165, 1.54) is 21.1 Å². The summed E-state index contributed by atoms with van der Waals surface area (Å²) in [6, 6.07) is 16.7. The smallest absolute Gasteiger partial charge is 0.128 e. The van der Waals surface area contributed by atoms with E-state index in [9.17, 15) is 0 Å². The van der Waals surface area contributed by atoms with Crippen molar-refractivity contribution in [3.63, 3.8) is 0 Å².